The number of guanidine groups is 1. The Morgan fingerprint density at radius 3 is 2.70 bits per heavy atom. The Kier molecular flexibility index (Phi) is 8.67. The van der Waals surface area contributed by atoms with Crippen LogP contribution in [0.15, 0.2) is 4.99 Å². The first-order valence-electron chi connectivity index (χ1n) is 7.21. The van der Waals surface area contributed by atoms with E-state index >= 15 is 0 Å². The summed E-state index contributed by atoms with van der Waals surface area (Å²) in [5, 5.41) is 10.1. The number of rotatable bonds is 6. The predicted octanol–water partition coefficient (Wildman–Crippen LogP) is 1.33. The summed E-state index contributed by atoms with van der Waals surface area (Å²) in [6.07, 6.45) is 4.83. The first-order chi connectivity index (χ1) is 9.28. The third-order valence-corrected chi connectivity index (χ3v) is 4.59. The summed E-state index contributed by atoms with van der Waals surface area (Å²) in [6, 6.07) is 0.410. The van der Waals surface area contributed by atoms with E-state index in [1.807, 2.05) is 18.7 Å². The van der Waals surface area contributed by atoms with E-state index in [1.165, 1.54) is 18.6 Å². The summed E-state index contributed by atoms with van der Waals surface area (Å²) in [5.74, 6) is 2.04. The molecule has 20 heavy (non-hydrogen) atoms. The smallest absolute Gasteiger partial charge is 0.242 e. The van der Waals surface area contributed by atoms with E-state index in [0.717, 1.165) is 31.9 Å². The Morgan fingerprint density at radius 1 is 1.30 bits per heavy atom. The van der Waals surface area contributed by atoms with Gasteiger partial charge in [-0.15, -0.1) is 24.0 Å². The monoisotopic (exact) mass is 412 g/mol. The maximum absolute atomic E-state index is 11.6. The minimum absolute atomic E-state index is 0. The van der Waals surface area contributed by atoms with Crippen LogP contribution in [0.25, 0.3) is 0 Å². The number of nitrogens with zero attached hydrogens (tertiary/aromatic N) is 1. The zero-order valence-corrected chi connectivity index (χ0v) is 15.1. The van der Waals surface area contributed by atoms with Gasteiger partial charge in [-0.1, -0.05) is 0 Å². The molecule has 0 bridgehead atoms. The maximum atomic E-state index is 11.6. The van der Waals surface area contributed by atoms with Crippen molar-refractivity contribution in [3.8, 4) is 0 Å². The number of nitrogens with one attached hydrogen (secondary N) is 3. The van der Waals surface area contributed by atoms with Crippen molar-refractivity contribution in [2.24, 2.45) is 4.99 Å². The molecule has 5 nitrogen and oxygen atoms in total. The van der Waals surface area contributed by atoms with Gasteiger partial charge in [0.05, 0.1) is 0 Å². The highest BCUT2D eigenvalue weighted by molar-refractivity contribution is 14.0. The summed E-state index contributed by atoms with van der Waals surface area (Å²) in [7, 11) is 0. The van der Waals surface area contributed by atoms with Crippen LogP contribution in [0, 0.1) is 0 Å². The molecular formula is C13H25IN4OS. The summed E-state index contributed by atoms with van der Waals surface area (Å²) in [6.45, 7) is 3.99. The molecule has 2 rings (SSSR count). The van der Waals surface area contributed by atoms with Crippen molar-refractivity contribution in [2.75, 3.05) is 25.4 Å². The number of halogens is 1. The minimum Gasteiger partial charge on any atom is -0.357 e. The average molecular weight is 412 g/mol. The van der Waals surface area contributed by atoms with Crippen molar-refractivity contribution >= 4 is 47.6 Å². The van der Waals surface area contributed by atoms with Gasteiger partial charge in [0.25, 0.3) is 0 Å². The van der Waals surface area contributed by atoms with Crippen molar-refractivity contribution in [3.63, 3.8) is 0 Å². The molecule has 0 aromatic heterocycles. The molecule has 1 heterocycles. The first-order valence-corrected chi connectivity index (χ1v) is 8.26. The van der Waals surface area contributed by atoms with E-state index in [1.54, 1.807) is 0 Å². The fraction of sp³-hybridized carbons (Fsp3) is 0.846. The van der Waals surface area contributed by atoms with E-state index in [2.05, 4.69) is 20.9 Å². The maximum Gasteiger partial charge on any atom is 0.242 e. The zero-order chi connectivity index (χ0) is 13.5. The van der Waals surface area contributed by atoms with Gasteiger partial charge in [0.1, 0.15) is 6.54 Å². The fourth-order valence-electron chi connectivity index (χ4n) is 2.01. The van der Waals surface area contributed by atoms with Gasteiger partial charge in [-0.3, -0.25) is 4.79 Å². The molecule has 1 aliphatic heterocycles. The van der Waals surface area contributed by atoms with Crippen LogP contribution in [0.1, 0.15) is 32.6 Å². The molecule has 0 spiro atoms. The average Bonchev–Trinajstić information content (AvgIpc) is 3.05. The minimum atomic E-state index is 0. The second-order valence-corrected chi connectivity index (χ2v) is 6.46. The lowest BCUT2D eigenvalue weighted by Gasteiger charge is -2.14. The van der Waals surface area contributed by atoms with Crippen molar-refractivity contribution in [2.45, 2.75) is 43.9 Å². The topological polar surface area (TPSA) is 65.5 Å². The van der Waals surface area contributed by atoms with Crippen LogP contribution in [0.4, 0.5) is 0 Å². The molecule has 0 aromatic rings. The van der Waals surface area contributed by atoms with E-state index in [-0.39, 0.29) is 36.4 Å². The highest BCUT2D eigenvalue weighted by Crippen LogP contribution is 2.25. The van der Waals surface area contributed by atoms with Crippen molar-refractivity contribution in [3.05, 3.63) is 0 Å². The Hall–Kier alpha value is -0.180. The molecule has 1 atom stereocenters. The lowest BCUT2D eigenvalue weighted by Crippen LogP contribution is -2.41. The quantitative estimate of drug-likeness (QED) is 0.350. The number of carbonyl (C=O) groups is 1. The van der Waals surface area contributed by atoms with Crippen LogP contribution < -0.4 is 16.0 Å². The van der Waals surface area contributed by atoms with E-state index in [0.29, 0.717) is 11.3 Å². The Balaban J connectivity index is 0.00000200. The fourth-order valence-corrected chi connectivity index (χ4v) is 3.21. The number of aliphatic imine (C=N–C) groups is 1. The molecule has 1 aliphatic carbocycles. The van der Waals surface area contributed by atoms with Gasteiger partial charge in [0, 0.05) is 24.4 Å². The van der Waals surface area contributed by atoms with Gasteiger partial charge < -0.3 is 16.0 Å². The molecule has 2 fully saturated rings. The third-order valence-electron chi connectivity index (χ3n) is 3.19. The molecule has 2 aliphatic rings. The summed E-state index contributed by atoms with van der Waals surface area (Å²) < 4.78 is 0. The van der Waals surface area contributed by atoms with E-state index in [4.69, 9.17) is 0 Å². The summed E-state index contributed by atoms with van der Waals surface area (Å²) in [4.78, 5) is 15.9. The van der Waals surface area contributed by atoms with Crippen LogP contribution in [0.5, 0.6) is 0 Å². The second kappa shape index (κ2) is 9.70. The van der Waals surface area contributed by atoms with Crippen molar-refractivity contribution in [1.29, 1.82) is 0 Å². The summed E-state index contributed by atoms with van der Waals surface area (Å²) in [5.41, 5.74) is 0. The van der Waals surface area contributed by atoms with Crippen LogP contribution in [0.3, 0.4) is 0 Å². The predicted molar refractivity (Wildman–Crippen MR) is 96.0 cm³/mol. The SMILES string of the molecule is CCNC(=NCC(=O)NC1CC1)NCC1CCCS1.I. The lowest BCUT2D eigenvalue weighted by molar-refractivity contribution is -0.119. The molecule has 1 unspecified atom stereocenters. The van der Waals surface area contributed by atoms with Gasteiger partial charge in [0.15, 0.2) is 5.96 Å². The van der Waals surface area contributed by atoms with Crippen LogP contribution >= 0.6 is 35.7 Å². The van der Waals surface area contributed by atoms with Crippen LogP contribution in [0.2, 0.25) is 0 Å². The number of hydrogen-bond acceptors (Lipinski definition) is 3. The van der Waals surface area contributed by atoms with Gasteiger partial charge in [-0.05, 0) is 38.4 Å². The first kappa shape index (κ1) is 17.9. The van der Waals surface area contributed by atoms with Crippen molar-refractivity contribution < 1.29 is 4.79 Å². The normalized spacial score (nSPS) is 22.1. The Morgan fingerprint density at radius 2 is 2.10 bits per heavy atom. The number of thioether (sulfide) groups is 1. The number of hydrogen-bond donors (Lipinski definition) is 3. The third kappa shape index (κ3) is 7.01. The molecule has 3 N–H and O–H groups in total. The van der Waals surface area contributed by atoms with Crippen LogP contribution in [-0.2, 0) is 4.79 Å². The molecule has 7 heteroatoms. The Labute approximate surface area is 142 Å². The van der Waals surface area contributed by atoms with Gasteiger partial charge in [0.2, 0.25) is 5.91 Å². The molecule has 1 saturated carbocycles. The molecular weight excluding hydrogens is 387 g/mol. The molecule has 1 saturated heterocycles. The Bertz CT molecular complexity index is 330. The zero-order valence-electron chi connectivity index (χ0n) is 12.0. The van der Waals surface area contributed by atoms with E-state index in [9.17, 15) is 4.79 Å². The molecule has 116 valence electrons. The van der Waals surface area contributed by atoms with Gasteiger partial charge in [-0.25, -0.2) is 4.99 Å². The number of amides is 1. The highest BCUT2D eigenvalue weighted by Gasteiger charge is 2.22. The molecule has 0 radical (unpaired) electrons. The summed E-state index contributed by atoms with van der Waals surface area (Å²) >= 11 is 2.02. The van der Waals surface area contributed by atoms with Gasteiger partial charge in [-0.2, -0.15) is 11.8 Å². The van der Waals surface area contributed by atoms with E-state index < -0.39 is 0 Å². The molecule has 0 aromatic carbocycles. The van der Waals surface area contributed by atoms with Crippen LogP contribution in [-0.4, -0.2) is 48.5 Å². The molecule has 1 amide bonds. The number of carbonyl (C=O) groups excluding carboxylic acids is 1. The van der Waals surface area contributed by atoms with Crippen molar-refractivity contribution in [1.82, 2.24) is 16.0 Å². The lowest BCUT2D eigenvalue weighted by atomic mass is 10.2. The highest BCUT2D eigenvalue weighted by atomic mass is 127. The largest absolute Gasteiger partial charge is 0.357 e. The second-order valence-electron chi connectivity index (χ2n) is 5.05. The van der Waals surface area contributed by atoms with Gasteiger partial charge >= 0.3 is 0 Å². The standard InChI is InChI=1S/C13H24N4OS.HI/c1-2-14-13(15-8-11-4-3-7-19-11)16-9-12(18)17-10-5-6-10;/h10-11H,2-9H2,1H3,(H,17,18)(H2,14,15,16);1H.